The second-order valence-electron chi connectivity index (χ2n) is 5.89. The Kier molecular flexibility index (Phi) is 1.93. The largest absolute Gasteiger partial charge is 0.478 e. The summed E-state index contributed by atoms with van der Waals surface area (Å²) in [6, 6.07) is 4.02. The summed E-state index contributed by atoms with van der Waals surface area (Å²) >= 11 is 0. The highest BCUT2D eigenvalue weighted by Crippen LogP contribution is 2.56. The summed E-state index contributed by atoms with van der Waals surface area (Å²) in [6.07, 6.45) is 2.09. The molecule has 3 heteroatoms. The number of nitrogens with zero attached hydrogens (tertiary/aromatic N) is 1. The van der Waals surface area contributed by atoms with Crippen molar-refractivity contribution >= 4 is 16.9 Å². The Morgan fingerprint density at radius 1 is 1.32 bits per heavy atom. The number of carboxylic acid groups (broad SMARTS) is 1. The smallest absolute Gasteiger partial charge is 0.336 e. The third-order valence-corrected chi connectivity index (χ3v) is 4.64. The molecular weight excluding hydrogens is 238 g/mol. The lowest BCUT2D eigenvalue weighted by Gasteiger charge is -2.14. The quantitative estimate of drug-likeness (QED) is 0.849. The van der Waals surface area contributed by atoms with Gasteiger partial charge in [-0.05, 0) is 49.3 Å². The lowest BCUT2D eigenvalue weighted by molar-refractivity contribution is 0.0697. The Hall–Kier alpha value is -1.90. The molecule has 2 aromatic rings. The number of carbonyl (C=O) groups is 1. The van der Waals surface area contributed by atoms with E-state index in [0.29, 0.717) is 17.4 Å². The van der Waals surface area contributed by atoms with E-state index in [4.69, 9.17) is 4.98 Å². The van der Waals surface area contributed by atoms with Crippen molar-refractivity contribution in [1.82, 2.24) is 4.98 Å². The number of rotatable bonds is 1. The Balaban J connectivity index is 2.19. The van der Waals surface area contributed by atoms with Gasteiger partial charge in [0.15, 0.2) is 0 Å². The molecule has 1 heterocycles. The van der Waals surface area contributed by atoms with Gasteiger partial charge in [0.2, 0.25) is 0 Å². The van der Waals surface area contributed by atoms with Gasteiger partial charge < -0.3 is 5.11 Å². The van der Waals surface area contributed by atoms with Crippen LogP contribution in [0.1, 0.15) is 45.1 Å². The number of pyridine rings is 1. The third-order valence-electron chi connectivity index (χ3n) is 4.64. The van der Waals surface area contributed by atoms with E-state index in [2.05, 4.69) is 0 Å². The van der Waals surface area contributed by atoms with Gasteiger partial charge in [0, 0.05) is 17.0 Å². The van der Waals surface area contributed by atoms with Gasteiger partial charge in [0.25, 0.3) is 0 Å². The normalized spacial score (nSPS) is 23.3. The summed E-state index contributed by atoms with van der Waals surface area (Å²) in [5.41, 5.74) is 5.51. The van der Waals surface area contributed by atoms with E-state index in [1.165, 1.54) is 6.42 Å². The van der Waals surface area contributed by atoms with E-state index in [0.717, 1.165) is 39.7 Å². The molecule has 0 saturated heterocycles. The molecule has 1 aromatic heterocycles. The zero-order valence-electron chi connectivity index (χ0n) is 11.0. The SMILES string of the molecule is Cc1ccc(C)c2c(C(=O)O)c3c(nc12)C1CC1C3. The molecule has 1 aromatic carbocycles. The fourth-order valence-electron chi connectivity index (χ4n) is 3.54. The van der Waals surface area contributed by atoms with Crippen molar-refractivity contribution in [3.8, 4) is 0 Å². The summed E-state index contributed by atoms with van der Waals surface area (Å²) in [4.78, 5) is 16.6. The molecule has 2 unspecified atom stereocenters. The molecule has 0 amide bonds. The highest BCUT2D eigenvalue weighted by Gasteiger charge is 2.48. The van der Waals surface area contributed by atoms with Crippen LogP contribution in [0.4, 0.5) is 0 Å². The number of aromatic carboxylic acids is 1. The van der Waals surface area contributed by atoms with E-state index >= 15 is 0 Å². The Labute approximate surface area is 111 Å². The van der Waals surface area contributed by atoms with Crippen molar-refractivity contribution in [2.75, 3.05) is 0 Å². The van der Waals surface area contributed by atoms with Gasteiger partial charge in [-0.3, -0.25) is 4.98 Å². The van der Waals surface area contributed by atoms with Crippen LogP contribution in [0.3, 0.4) is 0 Å². The maximum Gasteiger partial charge on any atom is 0.336 e. The van der Waals surface area contributed by atoms with Crippen LogP contribution in [0.25, 0.3) is 10.9 Å². The second kappa shape index (κ2) is 3.35. The van der Waals surface area contributed by atoms with Crippen LogP contribution in [0.5, 0.6) is 0 Å². The molecule has 0 bridgehead atoms. The van der Waals surface area contributed by atoms with Gasteiger partial charge in [0.05, 0.1) is 11.1 Å². The molecular formula is C16H15NO2. The van der Waals surface area contributed by atoms with Gasteiger partial charge in [-0.1, -0.05) is 12.1 Å². The Morgan fingerprint density at radius 2 is 2.05 bits per heavy atom. The van der Waals surface area contributed by atoms with E-state index in [9.17, 15) is 9.90 Å². The fourth-order valence-corrected chi connectivity index (χ4v) is 3.54. The molecule has 3 nitrogen and oxygen atoms in total. The maximum atomic E-state index is 11.7. The number of carboxylic acids is 1. The number of fused-ring (bicyclic) bond motifs is 4. The molecule has 2 aliphatic carbocycles. The third kappa shape index (κ3) is 1.33. The summed E-state index contributed by atoms with van der Waals surface area (Å²) in [5.74, 6) is 0.370. The van der Waals surface area contributed by atoms with Crippen LogP contribution in [0.15, 0.2) is 12.1 Å². The van der Waals surface area contributed by atoms with Crippen LogP contribution in [-0.4, -0.2) is 16.1 Å². The topological polar surface area (TPSA) is 50.2 Å². The molecule has 2 aliphatic rings. The van der Waals surface area contributed by atoms with E-state index in [1.807, 2.05) is 26.0 Å². The van der Waals surface area contributed by atoms with Crippen molar-refractivity contribution in [2.45, 2.75) is 32.6 Å². The lowest BCUT2D eigenvalue weighted by Crippen LogP contribution is -2.08. The monoisotopic (exact) mass is 253 g/mol. The van der Waals surface area contributed by atoms with E-state index in [1.54, 1.807) is 0 Å². The van der Waals surface area contributed by atoms with Gasteiger partial charge in [-0.15, -0.1) is 0 Å². The summed E-state index contributed by atoms with van der Waals surface area (Å²) < 4.78 is 0. The van der Waals surface area contributed by atoms with Gasteiger partial charge in [-0.2, -0.15) is 0 Å². The van der Waals surface area contributed by atoms with Crippen molar-refractivity contribution < 1.29 is 9.90 Å². The molecule has 1 fully saturated rings. The summed E-state index contributed by atoms with van der Waals surface area (Å²) in [5, 5.41) is 10.5. The molecule has 0 aliphatic heterocycles. The average Bonchev–Trinajstić information content (AvgIpc) is 3.05. The fraction of sp³-hybridized carbons (Fsp3) is 0.375. The van der Waals surface area contributed by atoms with Crippen LogP contribution >= 0.6 is 0 Å². The first-order chi connectivity index (χ1) is 9.08. The highest BCUT2D eigenvalue weighted by atomic mass is 16.4. The Bertz CT molecular complexity index is 748. The number of aromatic nitrogens is 1. The van der Waals surface area contributed by atoms with E-state index in [-0.39, 0.29) is 0 Å². The van der Waals surface area contributed by atoms with Gasteiger partial charge >= 0.3 is 5.97 Å². The molecule has 1 saturated carbocycles. The molecule has 4 rings (SSSR count). The summed E-state index contributed by atoms with van der Waals surface area (Å²) in [7, 11) is 0. The Morgan fingerprint density at radius 3 is 2.79 bits per heavy atom. The van der Waals surface area contributed by atoms with Crippen molar-refractivity contribution in [3.05, 3.63) is 40.1 Å². The first-order valence-electron chi connectivity index (χ1n) is 6.74. The van der Waals surface area contributed by atoms with Crippen molar-refractivity contribution in [2.24, 2.45) is 5.92 Å². The van der Waals surface area contributed by atoms with Crippen LogP contribution < -0.4 is 0 Å². The minimum absolute atomic E-state index is 0.508. The van der Waals surface area contributed by atoms with Crippen LogP contribution in [0.2, 0.25) is 0 Å². The van der Waals surface area contributed by atoms with E-state index < -0.39 is 5.97 Å². The standard InChI is InChI=1S/C16H15NO2/c1-7-3-4-8(2)14-12(7)13(16(18)19)11-6-9-5-10(9)15(11)17-14/h3-4,9-10H,5-6H2,1-2H3,(H,18,19). The minimum Gasteiger partial charge on any atom is -0.478 e. The molecule has 19 heavy (non-hydrogen) atoms. The van der Waals surface area contributed by atoms with Crippen molar-refractivity contribution in [3.63, 3.8) is 0 Å². The van der Waals surface area contributed by atoms with Crippen LogP contribution in [0, 0.1) is 19.8 Å². The molecule has 1 N–H and O–H groups in total. The lowest BCUT2D eigenvalue weighted by atomic mass is 9.94. The highest BCUT2D eigenvalue weighted by molar-refractivity contribution is 6.06. The zero-order chi connectivity index (χ0) is 13.3. The molecule has 0 spiro atoms. The minimum atomic E-state index is -0.807. The summed E-state index contributed by atoms with van der Waals surface area (Å²) in [6.45, 7) is 3.98. The van der Waals surface area contributed by atoms with Crippen LogP contribution in [-0.2, 0) is 6.42 Å². The predicted octanol–water partition coefficient (Wildman–Crippen LogP) is 3.21. The first kappa shape index (κ1) is 11.0. The molecule has 96 valence electrons. The van der Waals surface area contributed by atoms with Gasteiger partial charge in [0.1, 0.15) is 0 Å². The number of aryl methyl sites for hydroxylation is 2. The average molecular weight is 253 g/mol. The van der Waals surface area contributed by atoms with Gasteiger partial charge in [-0.25, -0.2) is 4.79 Å². The maximum absolute atomic E-state index is 11.7. The first-order valence-corrected chi connectivity index (χ1v) is 6.74. The zero-order valence-corrected chi connectivity index (χ0v) is 11.0. The predicted molar refractivity (Wildman–Crippen MR) is 72.7 cm³/mol. The van der Waals surface area contributed by atoms with Crippen molar-refractivity contribution in [1.29, 1.82) is 0 Å². The second-order valence-corrected chi connectivity index (χ2v) is 5.89. The molecule has 0 radical (unpaired) electrons. The number of benzene rings is 1. The number of hydrogen-bond donors (Lipinski definition) is 1. The number of hydrogen-bond acceptors (Lipinski definition) is 2. The molecule has 2 atom stereocenters.